The molecular weight excluding hydrogens is 251 g/mol. The van der Waals surface area contributed by atoms with Crippen LogP contribution in [0.4, 0.5) is 4.39 Å². The maximum atomic E-state index is 13.4. The van der Waals surface area contributed by atoms with E-state index in [1.54, 1.807) is 6.07 Å². The maximum absolute atomic E-state index is 13.4. The minimum absolute atomic E-state index is 0.163. The van der Waals surface area contributed by atoms with E-state index >= 15 is 0 Å². The largest absolute Gasteiger partial charge is 0.313 e. The van der Waals surface area contributed by atoms with E-state index in [9.17, 15) is 4.39 Å². The SMILES string of the molecule is CNC(Cc1cc(F)ccc1C)c1cc(C)nc(C)c1. The second-order valence-corrected chi connectivity index (χ2v) is 5.30. The third-order valence-corrected chi connectivity index (χ3v) is 3.59. The Hall–Kier alpha value is -1.74. The summed E-state index contributed by atoms with van der Waals surface area (Å²) >= 11 is 0. The molecule has 0 aliphatic heterocycles. The molecule has 1 aromatic carbocycles. The molecule has 0 bridgehead atoms. The average molecular weight is 272 g/mol. The van der Waals surface area contributed by atoms with Gasteiger partial charge < -0.3 is 5.32 Å². The predicted octanol–water partition coefficient (Wildman–Crippen LogP) is 3.65. The molecule has 106 valence electrons. The molecule has 0 saturated carbocycles. The van der Waals surface area contributed by atoms with Gasteiger partial charge in [0.15, 0.2) is 0 Å². The molecule has 0 saturated heterocycles. The van der Waals surface area contributed by atoms with Crippen LogP contribution < -0.4 is 5.32 Å². The molecule has 2 rings (SSSR count). The molecule has 1 unspecified atom stereocenters. The molecule has 1 aromatic heterocycles. The highest BCUT2D eigenvalue weighted by Crippen LogP contribution is 2.22. The van der Waals surface area contributed by atoms with Crippen molar-refractivity contribution in [1.29, 1.82) is 0 Å². The van der Waals surface area contributed by atoms with Gasteiger partial charge in [-0.25, -0.2) is 4.39 Å². The van der Waals surface area contributed by atoms with Crippen LogP contribution in [0.25, 0.3) is 0 Å². The zero-order chi connectivity index (χ0) is 14.7. The summed E-state index contributed by atoms with van der Waals surface area (Å²) in [5.41, 5.74) is 5.37. The van der Waals surface area contributed by atoms with E-state index in [0.717, 1.165) is 28.9 Å². The first-order chi connectivity index (χ1) is 9.49. The number of benzene rings is 1. The number of pyridine rings is 1. The molecule has 20 heavy (non-hydrogen) atoms. The van der Waals surface area contributed by atoms with Crippen molar-refractivity contribution in [2.45, 2.75) is 33.2 Å². The number of halogens is 1. The Morgan fingerprint density at radius 2 is 1.75 bits per heavy atom. The number of hydrogen-bond donors (Lipinski definition) is 1. The van der Waals surface area contributed by atoms with E-state index in [1.807, 2.05) is 33.9 Å². The van der Waals surface area contributed by atoms with Crippen LogP contribution in [0, 0.1) is 26.6 Å². The summed E-state index contributed by atoms with van der Waals surface area (Å²) < 4.78 is 13.4. The van der Waals surface area contributed by atoms with Gasteiger partial charge in [-0.05, 0) is 75.2 Å². The minimum atomic E-state index is -0.178. The number of aromatic nitrogens is 1. The van der Waals surface area contributed by atoms with Crippen LogP contribution in [-0.2, 0) is 6.42 Å². The van der Waals surface area contributed by atoms with E-state index in [2.05, 4.69) is 22.4 Å². The topological polar surface area (TPSA) is 24.9 Å². The molecule has 3 heteroatoms. The molecule has 1 atom stereocenters. The first kappa shape index (κ1) is 14.7. The van der Waals surface area contributed by atoms with Crippen LogP contribution in [0.1, 0.15) is 34.1 Å². The van der Waals surface area contributed by atoms with Crippen LogP contribution in [0.3, 0.4) is 0 Å². The van der Waals surface area contributed by atoms with Crippen molar-refractivity contribution >= 4 is 0 Å². The molecule has 1 heterocycles. The van der Waals surface area contributed by atoms with Crippen LogP contribution >= 0.6 is 0 Å². The summed E-state index contributed by atoms with van der Waals surface area (Å²) in [6, 6.07) is 9.30. The Morgan fingerprint density at radius 1 is 1.10 bits per heavy atom. The molecule has 0 fully saturated rings. The summed E-state index contributed by atoms with van der Waals surface area (Å²) in [4.78, 5) is 4.40. The number of nitrogens with one attached hydrogen (secondary N) is 1. The molecule has 0 amide bonds. The number of rotatable bonds is 4. The third-order valence-electron chi connectivity index (χ3n) is 3.59. The molecular formula is C17H21FN2. The summed E-state index contributed by atoms with van der Waals surface area (Å²) in [5, 5.41) is 3.32. The van der Waals surface area contributed by atoms with Gasteiger partial charge in [-0.15, -0.1) is 0 Å². The van der Waals surface area contributed by atoms with Gasteiger partial charge >= 0.3 is 0 Å². The van der Waals surface area contributed by atoms with Gasteiger partial charge in [0.25, 0.3) is 0 Å². The minimum Gasteiger partial charge on any atom is -0.313 e. The van der Waals surface area contributed by atoms with Crippen molar-refractivity contribution in [3.63, 3.8) is 0 Å². The lowest BCUT2D eigenvalue weighted by atomic mass is 9.96. The number of hydrogen-bond acceptors (Lipinski definition) is 2. The lowest BCUT2D eigenvalue weighted by Gasteiger charge is -2.19. The van der Waals surface area contributed by atoms with Crippen LogP contribution in [-0.4, -0.2) is 12.0 Å². The lowest BCUT2D eigenvalue weighted by molar-refractivity contribution is 0.581. The van der Waals surface area contributed by atoms with Crippen molar-refractivity contribution in [2.24, 2.45) is 0 Å². The quantitative estimate of drug-likeness (QED) is 0.919. The lowest BCUT2D eigenvalue weighted by Crippen LogP contribution is -2.20. The molecule has 0 spiro atoms. The molecule has 0 aliphatic carbocycles. The highest BCUT2D eigenvalue weighted by Gasteiger charge is 2.13. The molecule has 2 nitrogen and oxygen atoms in total. The highest BCUT2D eigenvalue weighted by atomic mass is 19.1. The van der Waals surface area contributed by atoms with Gasteiger partial charge in [-0.3, -0.25) is 4.98 Å². The van der Waals surface area contributed by atoms with Gasteiger partial charge in [0.05, 0.1) is 0 Å². The maximum Gasteiger partial charge on any atom is 0.123 e. The van der Waals surface area contributed by atoms with Gasteiger partial charge in [-0.2, -0.15) is 0 Å². The first-order valence-electron chi connectivity index (χ1n) is 6.87. The Morgan fingerprint density at radius 3 is 2.35 bits per heavy atom. The monoisotopic (exact) mass is 272 g/mol. The molecule has 1 N–H and O–H groups in total. The fraction of sp³-hybridized carbons (Fsp3) is 0.353. The van der Waals surface area contributed by atoms with Crippen molar-refractivity contribution < 1.29 is 4.39 Å². The van der Waals surface area contributed by atoms with Crippen molar-refractivity contribution in [1.82, 2.24) is 10.3 Å². The zero-order valence-corrected chi connectivity index (χ0v) is 12.5. The Bertz CT molecular complexity index is 588. The van der Waals surface area contributed by atoms with E-state index in [-0.39, 0.29) is 11.9 Å². The van der Waals surface area contributed by atoms with Gasteiger partial charge in [0, 0.05) is 17.4 Å². The van der Waals surface area contributed by atoms with Crippen molar-refractivity contribution in [3.8, 4) is 0 Å². The van der Waals surface area contributed by atoms with Crippen LogP contribution in [0.15, 0.2) is 30.3 Å². The smallest absolute Gasteiger partial charge is 0.123 e. The van der Waals surface area contributed by atoms with Crippen molar-refractivity contribution in [3.05, 3.63) is 64.2 Å². The fourth-order valence-corrected chi connectivity index (χ4v) is 2.53. The molecule has 0 aliphatic rings. The van der Waals surface area contributed by atoms with Crippen LogP contribution in [0.5, 0.6) is 0 Å². The first-order valence-corrected chi connectivity index (χ1v) is 6.87. The standard InChI is InChI=1S/C17H21FN2/c1-11-5-6-16(18)9-14(11)10-17(19-4)15-7-12(2)20-13(3)8-15/h5-9,17,19H,10H2,1-4H3. The molecule has 2 aromatic rings. The fourth-order valence-electron chi connectivity index (χ4n) is 2.53. The summed E-state index contributed by atoms with van der Waals surface area (Å²) in [6.45, 7) is 6.01. The Kier molecular flexibility index (Phi) is 4.50. The number of nitrogens with zero attached hydrogens (tertiary/aromatic N) is 1. The second-order valence-electron chi connectivity index (χ2n) is 5.30. The zero-order valence-electron chi connectivity index (χ0n) is 12.5. The number of likely N-dealkylation sites (N-methyl/N-ethyl adjacent to an activating group) is 1. The Balaban J connectivity index is 2.30. The predicted molar refractivity (Wildman–Crippen MR) is 80.4 cm³/mol. The number of aryl methyl sites for hydroxylation is 3. The molecule has 0 radical (unpaired) electrons. The van der Waals surface area contributed by atoms with Crippen LogP contribution in [0.2, 0.25) is 0 Å². The van der Waals surface area contributed by atoms with Gasteiger partial charge in [0.1, 0.15) is 5.82 Å². The van der Waals surface area contributed by atoms with Crippen molar-refractivity contribution in [2.75, 3.05) is 7.05 Å². The van der Waals surface area contributed by atoms with E-state index in [1.165, 1.54) is 11.6 Å². The van der Waals surface area contributed by atoms with Gasteiger partial charge in [0.2, 0.25) is 0 Å². The summed E-state index contributed by atoms with van der Waals surface area (Å²) in [6.07, 6.45) is 0.767. The van der Waals surface area contributed by atoms with E-state index < -0.39 is 0 Å². The van der Waals surface area contributed by atoms with Gasteiger partial charge in [-0.1, -0.05) is 6.07 Å². The highest BCUT2D eigenvalue weighted by molar-refractivity contribution is 5.31. The summed E-state index contributed by atoms with van der Waals surface area (Å²) in [5.74, 6) is -0.178. The normalized spacial score (nSPS) is 12.4. The second kappa shape index (κ2) is 6.14. The van der Waals surface area contributed by atoms with E-state index in [0.29, 0.717) is 0 Å². The summed E-state index contributed by atoms with van der Waals surface area (Å²) in [7, 11) is 1.93. The average Bonchev–Trinajstić information content (AvgIpc) is 2.38. The Labute approximate surface area is 120 Å². The van der Waals surface area contributed by atoms with E-state index in [4.69, 9.17) is 0 Å². The third kappa shape index (κ3) is 3.42.